The van der Waals surface area contributed by atoms with Gasteiger partial charge in [-0.3, -0.25) is 4.89 Å². The number of carbonyl (C=O) groups excluding carboxylic acids is 1. The maximum Gasteiger partial charge on any atom is 0.437 e. The Morgan fingerprint density at radius 2 is 1.90 bits per heavy atom. The van der Waals surface area contributed by atoms with Crippen LogP contribution in [0.25, 0.3) is 0 Å². The molecule has 0 saturated heterocycles. The highest BCUT2D eigenvalue weighted by Crippen LogP contribution is 2.10. The van der Waals surface area contributed by atoms with E-state index in [1.54, 1.807) is 33.8 Å². The molecule has 6 heteroatoms. The van der Waals surface area contributed by atoms with Crippen LogP contribution in [0.4, 0.5) is 4.79 Å². The van der Waals surface area contributed by atoms with Gasteiger partial charge in [-0.15, -0.1) is 5.06 Å². The summed E-state index contributed by atoms with van der Waals surface area (Å²) < 4.78 is 5.19. The molecule has 116 valence electrons. The molecule has 0 radical (unpaired) electrons. The Kier molecular flexibility index (Phi) is 8.63. The Balaban J connectivity index is 4.52. The van der Waals surface area contributed by atoms with Gasteiger partial charge in [0.05, 0.1) is 6.54 Å². The van der Waals surface area contributed by atoms with Gasteiger partial charge in [0.2, 0.25) is 0 Å². The van der Waals surface area contributed by atoms with Gasteiger partial charge in [0.25, 0.3) is 5.90 Å². The first-order valence-electron chi connectivity index (χ1n) is 6.90. The second kappa shape index (κ2) is 9.36. The summed E-state index contributed by atoms with van der Waals surface area (Å²) in [5.74, 6) is 0.316. The molecule has 0 aliphatic carbocycles. The minimum absolute atomic E-state index is 0.297. The zero-order valence-electron chi connectivity index (χ0n) is 13.3. The van der Waals surface area contributed by atoms with E-state index in [0.29, 0.717) is 19.0 Å². The second-order valence-corrected chi connectivity index (χ2v) is 4.96. The van der Waals surface area contributed by atoms with Crippen molar-refractivity contribution in [2.75, 3.05) is 13.1 Å². The average Bonchev–Trinajstić information content (AvgIpc) is 2.34. The molecule has 6 nitrogen and oxygen atoms in total. The Hall–Kier alpha value is -1.56. The molecule has 0 fully saturated rings. The van der Waals surface area contributed by atoms with Gasteiger partial charge in [-0.1, -0.05) is 18.0 Å². The largest absolute Gasteiger partial charge is 0.442 e. The number of nitrogens with zero attached hydrogens (tertiary/aromatic N) is 2. The van der Waals surface area contributed by atoms with Crippen LogP contribution in [0.1, 0.15) is 48.0 Å². The molecule has 0 N–H and O–H groups in total. The van der Waals surface area contributed by atoms with E-state index in [4.69, 9.17) is 14.6 Å². The summed E-state index contributed by atoms with van der Waals surface area (Å²) in [6, 6.07) is 0. The van der Waals surface area contributed by atoms with E-state index in [1.807, 2.05) is 19.9 Å². The van der Waals surface area contributed by atoms with Crippen LogP contribution >= 0.6 is 0 Å². The molecule has 0 bridgehead atoms. The van der Waals surface area contributed by atoms with Crippen molar-refractivity contribution in [3.05, 3.63) is 12.2 Å². The van der Waals surface area contributed by atoms with E-state index in [2.05, 4.69) is 4.99 Å². The van der Waals surface area contributed by atoms with E-state index in [0.717, 1.165) is 11.5 Å². The molecular weight excluding hydrogens is 260 g/mol. The smallest absolute Gasteiger partial charge is 0.437 e. The Morgan fingerprint density at radius 1 is 1.25 bits per heavy atom. The maximum absolute atomic E-state index is 11.8. The predicted octanol–water partition coefficient (Wildman–Crippen LogP) is 3.49. The molecule has 20 heavy (non-hydrogen) atoms. The van der Waals surface area contributed by atoms with Crippen LogP contribution in [0.3, 0.4) is 0 Å². The number of hydrogen-bond acceptors (Lipinski definition) is 5. The monoisotopic (exact) mass is 286 g/mol. The third-order valence-corrected chi connectivity index (χ3v) is 1.91. The number of aliphatic imine (C=N–C) groups is 1. The lowest BCUT2D eigenvalue weighted by Crippen LogP contribution is -2.37. The normalized spacial score (nSPS) is 12.6. The fourth-order valence-electron chi connectivity index (χ4n) is 1.09. The molecule has 0 aromatic heterocycles. The van der Waals surface area contributed by atoms with Gasteiger partial charge < -0.3 is 4.74 Å². The highest BCUT2D eigenvalue weighted by Gasteiger charge is 2.23. The van der Waals surface area contributed by atoms with Gasteiger partial charge in [0, 0.05) is 6.54 Å². The van der Waals surface area contributed by atoms with Gasteiger partial charge in [-0.25, -0.2) is 9.79 Å². The highest BCUT2D eigenvalue weighted by molar-refractivity contribution is 5.87. The van der Waals surface area contributed by atoms with Crippen molar-refractivity contribution >= 4 is 12.0 Å². The molecule has 0 rings (SSSR count). The molecule has 1 amide bonds. The molecule has 0 aliphatic heterocycles. The maximum atomic E-state index is 11.8. The van der Waals surface area contributed by atoms with E-state index >= 15 is 0 Å². The summed E-state index contributed by atoms with van der Waals surface area (Å²) in [5, 5.41) is 0.996. The minimum atomic E-state index is -0.602. The first kappa shape index (κ1) is 18.4. The highest BCUT2D eigenvalue weighted by atomic mass is 17.3. The van der Waals surface area contributed by atoms with E-state index < -0.39 is 11.7 Å². The van der Waals surface area contributed by atoms with Crippen LogP contribution in [0.2, 0.25) is 0 Å². The van der Waals surface area contributed by atoms with Crippen molar-refractivity contribution in [3.8, 4) is 0 Å². The number of hydroxylamine groups is 2. The predicted molar refractivity (Wildman–Crippen MR) is 78.2 cm³/mol. The fourth-order valence-corrected chi connectivity index (χ4v) is 1.09. The molecular formula is C14H26N2O4. The zero-order valence-corrected chi connectivity index (χ0v) is 13.3. The molecule has 0 atom stereocenters. The summed E-state index contributed by atoms with van der Waals surface area (Å²) in [6.07, 6.45) is 3.85. The van der Waals surface area contributed by atoms with Crippen LogP contribution < -0.4 is 0 Å². The van der Waals surface area contributed by atoms with Crippen molar-refractivity contribution in [3.63, 3.8) is 0 Å². The summed E-state index contributed by atoms with van der Waals surface area (Å²) in [7, 11) is 0. The number of rotatable bonds is 6. The minimum Gasteiger partial charge on any atom is -0.442 e. The van der Waals surface area contributed by atoms with E-state index in [-0.39, 0.29) is 0 Å². The van der Waals surface area contributed by atoms with Crippen LogP contribution in [0, 0.1) is 0 Å². The standard InChI is InChI=1S/C14H26N2O4/c1-7-10-11-12(15-8-2)19-20-16(9-3)13(17)18-14(4,5)6/h10-11H,7-9H2,1-6H3/b11-10+,15-12?. The van der Waals surface area contributed by atoms with Crippen LogP contribution in [0.5, 0.6) is 0 Å². The molecule has 0 spiro atoms. The first-order valence-corrected chi connectivity index (χ1v) is 6.90. The second-order valence-electron chi connectivity index (χ2n) is 4.96. The quantitative estimate of drug-likeness (QED) is 0.324. The summed E-state index contributed by atoms with van der Waals surface area (Å²) >= 11 is 0. The zero-order chi connectivity index (χ0) is 15.6. The number of hydrogen-bond donors (Lipinski definition) is 0. The number of carbonyl (C=O) groups is 1. The summed E-state index contributed by atoms with van der Waals surface area (Å²) in [5.41, 5.74) is -0.587. The Labute approximate surface area is 121 Å². The SMILES string of the molecule is CC/C=C/C(=NCC)OON(CC)C(=O)OC(C)(C)C. The summed E-state index contributed by atoms with van der Waals surface area (Å²) in [6.45, 7) is 11.9. The molecule has 0 saturated carbocycles. The van der Waals surface area contributed by atoms with Crippen molar-refractivity contribution < 1.29 is 19.4 Å². The van der Waals surface area contributed by atoms with Crippen molar-refractivity contribution in [2.24, 2.45) is 4.99 Å². The Bertz CT molecular complexity index is 346. The van der Waals surface area contributed by atoms with Gasteiger partial charge in [-0.2, -0.15) is 0 Å². The van der Waals surface area contributed by atoms with Gasteiger partial charge >= 0.3 is 6.09 Å². The van der Waals surface area contributed by atoms with Gasteiger partial charge in [0.15, 0.2) is 0 Å². The average molecular weight is 286 g/mol. The lowest BCUT2D eigenvalue weighted by Gasteiger charge is -2.24. The molecule has 0 aliphatic rings. The number of allylic oxidation sites excluding steroid dienone is 1. The lowest BCUT2D eigenvalue weighted by atomic mass is 10.2. The van der Waals surface area contributed by atoms with Crippen molar-refractivity contribution in [1.29, 1.82) is 0 Å². The van der Waals surface area contributed by atoms with E-state index in [9.17, 15) is 4.79 Å². The lowest BCUT2D eigenvalue weighted by molar-refractivity contribution is -0.359. The van der Waals surface area contributed by atoms with Crippen LogP contribution in [-0.4, -0.2) is 35.7 Å². The molecule has 0 heterocycles. The molecule has 0 aromatic carbocycles. The molecule has 0 aromatic rings. The number of ether oxygens (including phenoxy) is 1. The Morgan fingerprint density at radius 3 is 2.35 bits per heavy atom. The van der Waals surface area contributed by atoms with Crippen LogP contribution in [-0.2, 0) is 14.6 Å². The van der Waals surface area contributed by atoms with Gasteiger partial charge in [-0.05, 0) is 47.1 Å². The topological polar surface area (TPSA) is 60.4 Å². The third-order valence-electron chi connectivity index (χ3n) is 1.91. The third kappa shape index (κ3) is 8.53. The first-order chi connectivity index (χ1) is 9.34. The fraction of sp³-hybridized carbons (Fsp3) is 0.714. The summed E-state index contributed by atoms with van der Waals surface area (Å²) in [4.78, 5) is 26.0. The molecule has 0 unspecified atom stereocenters. The van der Waals surface area contributed by atoms with Gasteiger partial charge in [0.1, 0.15) is 5.60 Å². The van der Waals surface area contributed by atoms with E-state index in [1.165, 1.54) is 0 Å². The number of amides is 1. The van der Waals surface area contributed by atoms with Crippen molar-refractivity contribution in [2.45, 2.75) is 53.6 Å². The van der Waals surface area contributed by atoms with Crippen LogP contribution in [0.15, 0.2) is 17.1 Å². The van der Waals surface area contributed by atoms with Crippen molar-refractivity contribution in [1.82, 2.24) is 5.06 Å².